The van der Waals surface area contributed by atoms with Crippen LogP contribution in [0.1, 0.15) is 28.3 Å². The van der Waals surface area contributed by atoms with Crippen LogP contribution in [0.3, 0.4) is 0 Å². The molecule has 0 saturated heterocycles. The topological polar surface area (TPSA) is 96.4 Å². The van der Waals surface area contributed by atoms with Gasteiger partial charge >= 0.3 is 5.97 Å². The van der Waals surface area contributed by atoms with E-state index < -0.39 is 11.9 Å². The third-order valence-corrected chi connectivity index (χ3v) is 5.49. The van der Waals surface area contributed by atoms with Crippen LogP contribution < -0.4 is 16.0 Å². The molecule has 0 saturated carbocycles. The van der Waals surface area contributed by atoms with Crippen LogP contribution in [0.15, 0.2) is 71.1 Å². The predicted molar refractivity (Wildman–Crippen MR) is 116 cm³/mol. The van der Waals surface area contributed by atoms with Crippen molar-refractivity contribution < 1.29 is 14.3 Å². The first kappa shape index (κ1) is 20.7. The van der Waals surface area contributed by atoms with E-state index in [0.717, 1.165) is 5.56 Å². The Labute approximate surface area is 183 Å². The van der Waals surface area contributed by atoms with E-state index in [1.807, 2.05) is 19.1 Å². The highest BCUT2D eigenvalue weighted by Crippen LogP contribution is 2.41. The zero-order chi connectivity index (χ0) is 22.1. The molecule has 1 aromatic carbocycles. The number of ether oxygens (including phenoxy) is 2. The molecule has 0 unspecified atom stereocenters. The van der Waals surface area contributed by atoms with Crippen LogP contribution in [0.5, 0.6) is 5.75 Å². The van der Waals surface area contributed by atoms with Gasteiger partial charge in [-0.3, -0.25) is 9.78 Å². The second kappa shape index (κ2) is 8.28. The number of hydrogen-bond acceptors (Lipinski definition) is 6. The Bertz CT molecular complexity index is 1230. The van der Waals surface area contributed by atoms with Crippen LogP contribution in [0.2, 0.25) is 5.02 Å². The average molecular weight is 438 g/mol. The molecule has 1 aliphatic heterocycles. The van der Waals surface area contributed by atoms with Crippen molar-refractivity contribution in [3.63, 3.8) is 0 Å². The van der Waals surface area contributed by atoms with Crippen molar-refractivity contribution in [2.45, 2.75) is 19.4 Å². The largest absolute Gasteiger partial charge is 0.465 e. The summed E-state index contributed by atoms with van der Waals surface area (Å²) in [4.78, 5) is 30.4. The number of nitrogens with zero attached hydrogens (tertiary/aromatic N) is 2. The van der Waals surface area contributed by atoms with Crippen LogP contribution in [-0.2, 0) is 16.1 Å². The van der Waals surface area contributed by atoms with E-state index in [1.165, 1.54) is 7.11 Å². The zero-order valence-corrected chi connectivity index (χ0v) is 17.7. The lowest BCUT2D eigenvalue weighted by atomic mass is 9.83. The summed E-state index contributed by atoms with van der Waals surface area (Å²) in [6.45, 7) is 2.14. The number of benzene rings is 1. The van der Waals surface area contributed by atoms with Crippen molar-refractivity contribution in [3.8, 4) is 5.75 Å². The highest BCUT2D eigenvalue weighted by Gasteiger charge is 2.38. The minimum absolute atomic E-state index is 0.0752. The van der Waals surface area contributed by atoms with Gasteiger partial charge in [-0.2, -0.15) is 0 Å². The summed E-state index contributed by atoms with van der Waals surface area (Å²) in [7, 11) is 1.26. The van der Waals surface area contributed by atoms with Crippen molar-refractivity contribution in [1.29, 1.82) is 0 Å². The number of hydrogen-bond donors (Lipinski definition) is 1. The van der Waals surface area contributed by atoms with E-state index in [-0.39, 0.29) is 17.0 Å². The average Bonchev–Trinajstić information content (AvgIpc) is 2.76. The van der Waals surface area contributed by atoms with Gasteiger partial charge in [0.05, 0.1) is 25.1 Å². The monoisotopic (exact) mass is 437 g/mol. The molecule has 1 atom stereocenters. The molecule has 2 aromatic heterocycles. The molecule has 31 heavy (non-hydrogen) atoms. The first-order chi connectivity index (χ1) is 14.9. The molecule has 0 spiro atoms. The number of aryl methyl sites for hydroxylation is 1. The zero-order valence-electron chi connectivity index (χ0n) is 17.0. The molecular formula is C23H20ClN3O4. The van der Waals surface area contributed by atoms with Crippen molar-refractivity contribution >= 4 is 17.6 Å². The number of fused-ring (bicyclic) bond motifs is 1. The highest BCUT2D eigenvalue weighted by atomic mass is 35.5. The molecule has 7 nitrogen and oxygen atoms in total. The number of methoxy groups -OCH3 is 1. The number of nitrogens with two attached hydrogens (primary N) is 1. The lowest BCUT2D eigenvalue weighted by Gasteiger charge is -2.29. The number of aromatic nitrogens is 2. The quantitative estimate of drug-likeness (QED) is 0.630. The normalized spacial score (nSPS) is 15.3. The van der Waals surface area contributed by atoms with Crippen LogP contribution in [0, 0.1) is 6.92 Å². The smallest absolute Gasteiger partial charge is 0.340 e. The molecule has 3 aromatic rings. The number of carbonyl (C=O) groups excluding carboxylic acids is 1. The van der Waals surface area contributed by atoms with Gasteiger partial charge in [0.2, 0.25) is 5.88 Å². The molecule has 1 aliphatic rings. The lowest BCUT2D eigenvalue weighted by Crippen LogP contribution is -2.35. The second-order valence-electron chi connectivity index (χ2n) is 7.17. The number of carbonyl (C=O) groups is 1. The third-order valence-electron chi connectivity index (χ3n) is 5.24. The van der Waals surface area contributed by atoms with E-state index in [4.69, 9.17) is 26.8 Å². The molecule has 0 amide bonds. The summed E-state index contributed by atoms with van der Waals surface area (Å²) in [6, 6.07) is 12.3. The lowest BCUT2D eigenvalue weighted by molar-refractivity contribution is -0.136. The predicted octanol–water partition coefficient (Wildman–Crippen LogP) is 3.12. The summed E-state index contributed by atoms with van der Waals surface area (Å²) < 4.78 is 12.3. The SMILES string of the molecule is COC(=O)C1=C(N)Oc2cc(C)n(Cc3cccnc3)c(=O)c2[C@H]1c1ccc(Cl)cc1. The molecule has 0 fully saturated rings. The summed E-state index contributed by atoms with van der Waals surface area (Å²) in [5.41, 5.74) is 8.44. The minimum atomic E-state index is -0.762. The van der Waals surface area contributed by atoms with Gasteiger partial charge < -0.3 is 19.8 Å². The van der Waals surface area contributed by atoms with Crippen molar-refractivity contribution in [1.82, 2.24) is 9.55 Å². The van der Waals surface area contributed by atoms with E-state index in [1.54, 1.807) is 47.3 Å². The van der Waals surface area contributed by atoms with Crippen LogP contribution >= 0.6 is 11.6 Å². The van der Waals surface area contributed by atoms with Gasteiger partial charge in [0.15, 0.2) is 0 Å². The standard InChI is InChI=1S/C23H20ClN3O4/c1-13-10-17-19(22(28)27(13)12-14-4-3-9-26-11-14)18(15-5-7-16(24)8-6-15)20(21(25)31-17)23(29)30-2/h3-11,18H,12,25H2,1-2H3/t18-/m1/s1. The van der Waals surface area contributed by atoms with Gasteiger partial charge in [0.1, 0.15) is 11.3 Å². The van der Waals surface area contributed by atoms with E-state index in [9.17, 15) is 9.59 Å². The van der Waals surface area contributed by atoms with E-state index in [2.05, 4.69) is 4.98 Å². The van der Waals surface area contributed by atoms with Gasteiger partial charge in [0.25, 0.3) is 5.56 Å². The fourth-order valence-corrected chi connectivity index (χ4v) is 3.88. The summed E-state index contributed by atoms with van der Waals surface area (Å²) in [5, 5.41) is 0.533. The maximum Gasteiger partial charge on any atom is 0.340 e. The van der Waals surface area contributed by atoms with Crippen molar-refractivity contribution in [2.75, 3.05) is 7.11 Å². The fourth-order valence-electron chi connectivity index (χ4n) is 3.75. The Balaban J connectivity index is 1.94. The summed E-state index contributed by atoms with van der Waals surface area (Å²) in [5.74, 6) is -1.21. The minimum Gasteiger partial charge on any atom is -0.465 e. The first-order valence-corrected chi connectivity index (χ1v) is 9.93. The number of pyridine rings is 2. The fraction of sp³-hybridized carbons (Fsp3) is 0.174. The van der Waals surface area contributed by atoms with Crippen LogP contribution in [0.25, 0.3) is 0 Å². The van der Waals surface area contributed by atoms with Gasteiger partial charge in [-0.1, -0.05) is 29.8 Å². The molecule has 4 rings (SSSR count). The summed E-state index contributed by atoms with van der Waals surface area (Å²) >= 11 is 6.05. The summed E-state index contributed by atoms with van der Waals surface area (Å²) in [6.07, 6.45) is 3.38. The van der Waals surface area contributed by atoms with Crippen LogP contribution in [0.4, 0.5) is 0 Å². The van der Waals surface area contributed by atoms with Crippen molar-refractivity contribution in [3.05, 3.63) is 104 Å². The molecule has 8 heteroatoms. The Morgan fingerprint density at radius 1 is 1.29 bits per heavy atom. The maximum atomic E-state index is 13.7. The van der Waals surface area contributed by atoms with Crippen molar-refractivity contribution in [2.24, 2.45) is 5.73 Å². The Morgan fingerprint density at radius 3 is 2.68 bits per heavy atom. The number of rotatable bonds is 4. The highest BCUT2D eigenvalue weighted by molar-refractivity contribution is 6.30. The molecule has 3 heterocycles. The third kappa shape index (κ3) is 3.80. The molecular weight excluding hydrogens is 418 g/mol. The van der Waals surface area contributed by atoms with Crippen LogP contribution in [-0.4, -0.2) is 22.6 Å². The first-order valence-electron chi connectivity index (χ1n) is 9.55. The maximum absolute atomic E-state index is 13.7. The Hall–Kier alpha value is -3.58. The van der Waals surface area contributed by atoms with Gasteiger partial charge in [-0.05, 0) is 36.2 Å². The Morgan fingerprint density at radius 2 is 2.03 bits per heavy atom. The van der Waals surface area contributed by atoms with E-state index >= 15 is 0 Å². The molecule has 158 valence electrons. The second-order valence-corrected chi connectivity index (χ2v) is 7.61. The van der Waals surface area contributed by atoms with Gasteiger partial charge in [-0.25, -0.2) is 4.79 Å². The number of esters is 1. The number of halogens is 1. The molecule has 0 aliphatic carbocycles. The molecule has 2 N–H and O–H groups in total. The van der Waals surface area contributed by atoms with Gasteiger partial charge in [0, 0.05) is 29.2 Å². The Kier molecular flexibility index (Phi) is 5.52. The van der Waals surface area contributed by atoms with Gasteiger partial charge in [-0.15, -0.1) is 0 Å². The van der Waals surface area contributed by atoms with E-state index in [0.29, 0.717) is 34.1 Å². The molecule has 0 bridgehead atoms. The molecule has 0 radical (unpaired) electrons.